The van der Waals surface area contributed by atoms with E-state index in [4.69, 9.17) is 28.4 Å². The van der Waals surface area contributed by atoms with Crippen LogP contribution < -0.4 is 49.7 Å². The molecular weight excluding hydrogens is 1560 g/mol. The van der Waals surface area contributed by atoms with Crippen molar-refractivity contribution in [1.29, 1.82) is 0 Å². The third kappa shape index (κ3) is 26.9. The highest BCUT2D eigenvalue weighted by molar-refractivity contribution is 5.62. The first kappa shape index (κ1) is 97.3. The van der Waals surface area contributed by atoms with Crippen molar-refractivity contribution in [1.82, 2.24) is 21.3 Å². The Labute approximate surface area is 755 Å². The molecule has 0 spiro atoms. The number of methoxy groups -OCH3 is 2. The van der Waals surface area contributed by atoms with Crippen molar-refractivity contribution < 1.29 is 48.8 Å². The second-order valence-electron chi connectivity index (χ2n) is 41.2. The van der Waals surface area contributed by atoms with E-state index in [1.807, 2.05) is 87.0 Å². The first-order chi connectivity index (χ1) is 59.9. The fourth-order valence-electron chi connectivity index (χ4n) is 17.3. The van der Waals surface area contributed by atoms with Crippen molar-refractivity contribution in [3.05, 3.63) is 317 Å². The van der Waals surface area contributed by atoms with E-state index in [1.165, 1.54) is 11.1 Å². The summed E-state index contributed by atoms with van der Waals surface area (Å²) in [6.45, 7) is 44.1. The van der Waals surface area contributed by atoms with Gasteiger partial charge in [0.05, 0.1) is 40.6 Å². The Hall–Kier alpha value is -9.32. The molecule has 14 nitrogen and oxygen atoms in total. The maximum absolute atomic E-state index is 11.0. The second-order valence-corrected chi connectivity index (χ2v) is 41.2. The maximum Gasteiger partial charge on any atom is 0.126 e. The lowest BCUT2D eigenvalue weighted by molar-refractivity contribution is 0.229. The number of aliphatic hydroxyl groups excluding tert-OH is 4. The van der Waals surface area contributed by atoms with Gasteiger partial charge in [0.25, 0.3) is 0 Å². The molecule has 0 fully saturated rings. The van der Waals surface area contributed by atoms with Gasteiger partial charge in [-0.3, -0.25) is 0 Å². The molecule has 0 heterocycles. The molecule has 1 aliphatic carbocycles. The van der Waals surface area contributed by atoms with Gasteiger partial charge >= 0.3 is 0 Å². The quantitative estimate of drug-likeness (QED) is 0.0178. The number of fused-ring (bicyclic) bond motifs is 12. The van der Waals surface area contributed by atoms with Gasteiger partial charge in [-0.15, -0.1) is 0 Å². The average Bonchev–Trinajstić information content (AvgIpc) is 0.764. The molecule has 0 radical (unpaired) electrons. The van der Waals surface area contributed by atoms with E-state index in [2.05, 4.69) is 267 Å². The van der Waals surface area contributed by atoms with Gasteiger partial charge < -0.3 is 70.1 Å². The zero-order valence-corrected chi connectivity index (χ0v) is 79.6. The molecule has 8 N–H and O–H groups in total. The fourth-order valence-corrected chi connectivity index (χ4v) is 17.3. The van der Waals surface area contributed by atoms with Gasteiger partial charge in [0.1, 0.15) is 60.9 Å². The molecule has 12 bridgehead atoms. The van der Waals surface area contributed by atoms with Crippen molar-refractivity contribution >= 4 is 0 Å². The number of nitrogens with one attached hydrogen (secondary N) is 4. The third-order valence-electron chi connectivity index (χ3n) is 24.7. The highest BCUT2D eigenvalue weighted by Gasteiger charge is 2.33. The summed E-state index contributed by atoms with van der Waals surface area (Å²) < 4.78 is 44.2. The predicted octanol–water partition coefficient (Wildman–Crippen LogP) is 19.6. The van der Waals surface area contributed by atoms with Gasteiger partial charge in [-0.1, -0.05) is 319 Å². The number of rotatable bonds is 34. The van der Waals surface area contributed by atoms with E-state index in [0.717, 1.165) is 146 Å². The molecule has 126 heavy (non-hydrogen) atoms. The summed E-state index contributed by atoms with van der Waals surface area (Å²) in [7, 11) is 3.63. The van der Waals surface area contributed by atoms with Crippen LogP contribution in [0.4, 0.5) is 0 Å². The van der Waals surface area contributed by atoms with E-state index < -0.39 is 0 Å². The standard InChI is InChI=1S/C112H148N4O10/c1-107(2,3)91-59-79-53-80-60-92(108(4,5)6)62-82(102(80)122-20)55-84-64-94(110(10,11)12)66-86(104(84)124-46-42-114-98(72-118)50-76-35-27-22-28-36-76)57-88-68-96(112(16,17)18)70-90(106(88)126-48-44-116-100(74-120)52-78-39-31-24-32-40-78)58-89-69-95(111(13,14)15)67-87(105(89)125-47-43-115-99(73-119)51-77-37-29-23-30-38-77)56-85-65-93(109(7,8)9)63-83(54-81(61-91)101(79)121-19)103(85)123-45-41-113-97(71-117)49-75-33-25-21-26-34-75/h21-40,59-70,97-100,113-120H,41-58,71-74H2,1-20H3. The number of hydrogen-bond donors (Lipinski definition) is 8. The topological polar surface area (TPSA) is 184 Å². The van der Waals surface area contributed by atoms with Gasteiger partial charge in [-0.25, -0.2) is 0 Å². The summed E-state index contributed by atoms with van der Waals surface area (Å²) in [4.78, 5) is 0. The minimum Gasteiger partial charge on any atom is -0.496 e. The zero-order valence-electron chi connectivity index (χ0n) is 79.6. The van der Waals surface area contributed by atoms with E-state index in [1.54, 1.807) is 0 Å². The Morgan fingerprint density at radius 2 is 0.389 bits per heavy atom. The fraction of sp³-hybridized carbons (Fsp3) is 0.464. The van der Waals surface area contributed by atoms with E-state index in [-0.39, 0.29) is 96.3 Å². The Morgan fingerprint density at radius 1 is 0.238 bits per heavy atom. The van der Waals surface area contributed by atoms with Gasteiger partial charge in [0, 0.05) is 88.9 Å². The van der Waals surface area contributed by atoms with Crippen LogP contribution in [0.5, 0.6) is 34.5 Å². The van der Waals surface area contributed by atoms with Gasteiger partial charge in [-0.05, 0) is 181 Å². The summed E-state index contributed by atoms with van der Waals surface area (Å²) in [5, 5.41) is 58.8. The largest absolute Gasteiger partial charge is 0.496 e. The lowest BCUT2D eigenvalue weighted by atomic mass is 9.79. The molecule has 14 heteroatoms. The monoisotopic (exact) mass is 1710 g/mol. The van der Waals surface area contributed by atoms with E-state index in [9.17, 15) is 20.4 Å². The summed E-state index contributed by atoms with van der Waals surface area (Å²) in [6.07, 6.45) is 5.28. The molecule has 10 aromatic rings. The van der Waals surface area contributed by atoms with E-state index in [0.29, 0.717) is 104 Å². The van der Waals surface area contributed by atoms with Crippen LogP contribution in [0.15, 0.2) is 194 Å². The number of benzene rings is 10. The van der Waals surface area contributed by atoms with Crippen molar-refractivity contribution in [3.63, 3.8) is 0 Å². The Morgan fingerprint density at radius 3 is 0.524 bits per heavy atom. The highest BCUT2D eigenvalue weighted by atomic mass is 16.5. The smallest absolute Gasteiger partial charge is 0.126 e. The van der Waals surface area contributed by atoms with Crippen LogP contribution in [0, 0.1) is 0 Å². The first-order valence-electron chi connectivity index (χ1n) is 46.0. The highest BCUT2D eigenvalue weighted by Crippen LogP contribution is 2.47. The molecule has 11 rings (SSSR count). The van der Waals surface area contributed by atoms with Crippen molar-refractivity contribution in [2.75, 3.05) is 93.3 Å². The van der Waals surface area contributed by atoms with Crippen LogP contribution in [-0.4, -0.2) is 138 Å². The van der Waals surface area contributed by atoms with Gasteiger partial charge in [0.15, 0.2) is 0 Å². The molecule has 0 saturated carbocycles. The predicted molar refractivity (Wildman–Crippen MR) is 519 cm³/mol. The number of hydrogen-bond acceptors (Lipinski definition) is 14. The molecule has 0 saturated heterocycles. The second kappa shape index (κ2) is 43.7. The SMILES string of the molecule is COc1c2cc(C(C)(C)C)cc1Cc1cc(C(C)(C)C)cc(c1OCCNC(CO)Cc1ccccc1)Cc1cc(C(C)(C)C)cc(c1OCCNC(CO)Cc1ccccc1)Cc1cc(C(C)(C)C)cc(c1OCCNC(CO)Cc1ccccc1)Cc1cc(C(C)(C)C)cc(c1OCCNC(CO)Cc1ccccc1)Cc1cc(C(C)(C)C)cc(c1OC)C2. The molecule has 4 atom stereocenters. The molecular formula is C112H148N4O10. The van der Waals surface area contributed by atoms with Crippen LogP contribution in [-0.2, 0) is 96.7 Å². The van der Waals surface area contributed by atoms with Gasteiger partial charge in [-0.2, -0.15) is 0 Å². The van der Waals surface area contributed by atoms with Crippen LogP contribution in [0.3, 0.4) is 0 Å². The summed E-state index contributed by atoms with van der Waals surface area (Å²) in [5.41, 5.74) is 21.7. The molecule has 1 aliphatic rings. The third-order valence-corrected chi connectivity index (χ3v) is 24.7. The van der Waals surface area contributed by atoms with Crippen LogP contribution in [0.2, 0.25) is 0 Å². The molecule has 4 unspecified atom stereocenters. The molecule has 10 aromatic carbocycles. The molecule has 0 amide bonds. The maximum atomic E-state index is 11.0. The minimum atomic E-state index is -0.357. The number of aliphatic hydroxyl groups is 4. The summed E-state index contributed by atoms with van der Waals surface area (Å²) in [6, 6.07) is 68.9. The first-order valence-corrected chi connectivity index (χ1v) is 46.0. The van der Waals surface area contributed by atoms with Crippen molar-refractivity contribution in [2.45, 2.75) is 245 Å². The number of ether oxygens (including phenoxy) is 6. The van der Waals surface area contributed by atoms with E-state index >= 15 is 0 Å². The van der Waals surface area contributed by atoms with Crippen LogP contribution in [0.25, 0.3) is 0 Å². The van der Waals surface area contributed by atoms with Crippen molar-refractivity contribution in [3.8, 4) is 34.5 Å². The van der Waals surface area contributed by atoms with Crippen molar-refractivity contribution in [2.24, 2.45) is 0 Å². The average molecular weight is 1710 g/mol. The van der Waals surface area contributed by atoms with Gasteiger partial charge in [0.2, 0.25) is 0 Å². The minimum absolute atomic E-state index is 0.0409. The van der Waals surface area contributed by atoms with Crippen LogP contribution in [0.1, 0.15) is 247 Å². The lowest BCUT2D eigenvalue weighted by Crippen LogP contribution is -2.37. The lowest BCUT2D eigenvalue weighted by Gasteiger charge is -2.29. The Balaban J connectivity index is 1.21. The summed E-state index contributed by atoms with van der Waals surface area (Å²) >= 11 is 0. The Kier molecular flexibility index (Phi) is 33.7. The van der Waals surface area contributed by atoms with Crippen LogP contribution >= 0.6 is 0 Å². The molecule has 676 valence electrons. The molecule has 0 aliphatic heterocycles. The Bertz CT molecular complexity index is 4820. The molecule has 0 aromatic heterocycles. The summed E-state index contributed by atoms with van der Waals surface area (Å²) in [5.74, 6) is 4.71. The normalized spacial score (nSPS) is 14.0. The zero-order chi connectivity index (χ0) is 90.7.